The fourth-order valence-electron chi connectivity index (χ4n) is 3.27. The molecular weight excluding hydrogens is 321 g/mol. The molecule has 1 aliphatic carbocycles. The van der Waals surface area contributed by atoms with E-state index in [1.165, 1.54) is 17.7 Å². The smallest absolute Gasteiger partial charge is 0.322 e. The van der Waals surface area contributed by atoms with E-state index in [9.17, 15) is 14.3 Å². The summed E-state index contributed by atoms with van der Waals surface area (Å²) in [6.45, 7) is 0.00846. The molecule has 0 aromatic heterocycles. The predicted molar refractivity (Wildman–Crippen MR) is 91.4 cm³/mol. The number of amides is 2. The van der Waals surface area contributed by atoms with E-state index in [1.54, 1.807) is 4.90 Å². The second-order valence-corrected chi connectivity index (χ2v) is 5.90. The number of carbonyl (C=O) groups excluding carboxylic acids is 1. The van der Waals surface area contributed by atoms with E-state index in [1.807, 2.05) is 30.3 Å². The van der Waals surface area contributed by atoms with Crippen LogP contribution in [-0.2, 0) is 6.42 Å². The Kier molecular flexibility index (Phi) is 4.96. The number of aliphatic hydroxyl groups is 1. The molecule has 2 amide bonds. The number of aryl methyl sites for hydroxylation is 1. The molecule has 2 N–H and O–H groups in total. The second kappa shape index (κ2) is 7.32. The van der Waals surface area contributed by atoms with Crippen LogP contribution in [0.3, 0.4) is 0 Å². The summed E-state index contributed by atoms with van der Waals surface area (Å²) in [7, 11) is 0. The number of nitriles is 1. The molecule has 0 fully saturated rings. The van der Waals surface area contributed by atoms with Crippen LogP contribution in [-0.4, -0.2) is 29.2 Å². The molecule has 0 saturated carbocycles. The molecule has 1 atom stereocenters. The molecule has 0 spiro atoms. The SMILES string of the molecule is N#Cc1cc(F)ccc1NC(=O)N(CCO)C1CCc2ccccc21. The summed E-state index contributed by atoms with van der Waals surface area (Å²) in [6.07, 6.45) is 1.65. The van der Waals surface area contributed by atoms with Gasteiger partial charge < -0.3 is 15.3 Å². The summed E-state index contributed by atoms with van der Waals surface area (Å²) >= 11 is 0. The van der Waals surface area contributed by atoms with Gasteiger partial charge in [-0.2, -0.15) is 5.26 Å². The van der Waals surface area contributed by atoms with Crippen LogP contribution in [0, 0.1) is 17.1 Å². The Hall–Kier alpha value is -2.91. The van der Waals surface area contributed by atoms with Crippen molar-refractivity contribution in [3.63, 3.8) is 0 Å². The molecule has 0 bridgehead atoms. The van der Waals surface area contributed by atoms with Gasteiger partial charge in [0.1, 0.15) is 11.9 Å². The van der Waals surface area contributed by atoms with Gasteiger partial charge in [0.15, 0.2) is 0 Å². The lowest BCUT2D eigenvalue weighted by molar-refractivity contribution is 0.162. The zero-order valence-electron chi connectivity index (χ0n) is 13.6. The lowest BCUT2D eigenvalue weighted by Crippen LogP contribution is -2.39. The molecule has 0 saturated heterocycles. The summed E-state index contributed by atoms with van der Waals surface area (Å²) in [5, 5.41) is 21.2. The lowest BCUT2D eigenvalue weighted by Gasteiger charge is -2.29. The average molecular weight is 339 g/mol. The highest BCUT2D eigenvalue weighted by molar-refractivity contribution is 5.91. The van der Waals surface area contributed by atoms with Crippen LogP contribution in [0.15, 0.2) is 42.5 Å². The van der Waals surface area contributed by atoms with Gasteiger partial charge in [0, 0.05) is 6.54 Å². The van der Waals surface area contributed by atoms with Crippen molar-refractivity contribution in [2.45, 2.75) is 18.9 Å². The molecular formula is C19H18FN3O2. The normalized spacial score (nSPS) is 15.3. The minimum absolute atomic E-state index is 0.0594. The Labute approximate surface area is 145 Å². The van der Waals surface area contributed by atoms with Crippen LogP contribution in [0.5, 0.6) is 0 Å². The average Bonchev–Trinajstić information content (AvgIpc) is 3.04. The Bertz CT molecular complexity index is 832. The number of rotatable bonds is 4. The number of carbonyl (C=O) groups is 1. The van der Waals surface area contributed by atoms with Crippen molar-refractivity contribution >= 4 is 11.7 Å². The van der Waals surface area contributed by atoms with Crippen molar-refractivity contribution in [2.24, 2.45) is 0 Å². The van der Waals surface area contributed by atoms with E-state index < -0.39 is 11.8 Å². The van der Waals surface area contributed by atoms with E-state index in [-0.39, 0.29) is 30.4 Å². The number of fused-ring (bicyclic) bond motifs is 1. The third-order valence-corrected chi connectivity index (χ3v) is 4.42. The lowest BCUT2D eigenvalue weighted by atomic mass is 10.1. The number of nitrogens with one attached hydrogen (secondary N) is 1. The van der Waals surface area contributed by atoms with E-state index in [0.717, 1.165) is 24.5 Å². The predicted octanol–water partition coefficient (Wildman–Crippen LogP) is 3.21. The molecule has 5 nitrogen and oxygen atoms in total. The molecule has 0 aliphatic heterocycles. The molecule has 1 aliphatic rings. The van der Waals surface area contributed by atoms with E-state index >= 15 is 0 Å². The molecule has 25 heavy (non-hydrogen) atoms. The fourth-order valence-corrected chi connectivity index (χ4v) is 3.27. The van der Waals surface area contributed by atoms with Crippen molar-refractivity contribution in [3.8, 4) is 6.07 Å². The van der Waals surface area contributed by atoms with E-state index in [0.29, 0.717) is 0 Å². The Morgan fingerprint density at radius 2 is 2.16 bits per heavy atom. The zero-order chi connectivity index (χ0) is 17.8. The summed E-state index contributed by atoms with van der Waals surface area (Å²) in [6, 6.07) is 12.9. The largest absolute Gasteiger partial charge is 0.395 e. The van der Waals surface area contributed by atoms with Crippen LogP contribution < -0.4 is 5.32 Å². The minimum atomic E-state index is -0.536. The Morgan fingerprint density at radius 1 is 1.36 bits per heavy atom. The first-order valence-corrected chi connectivity index (χ1v) is 8.10. The van der Waals surface area contributed by atoms with Gasteiger partial charge in [-0.1, -0.05) is 24.3 Å². The molecule has 1 unspecified atom stereocenters. The first-order chi connectivity index (χ1) is 12.1. The summed E-state index contributed by atoms with van der Waals surface area (Å²) in [5.74, 6) is -0.536. The van der Waals surface area contributed by atoms with Gasteiger partial charge in [-0.3, -0.25) is 0 Å². The number of anilines is 1. The molecule has 2 aromatic rings. The summed E-state index contributed by atoms with van der Waals surface area (Å²) in [5.41, 5.74) is 2.58. The number of urea groups is 1. The monoisotopic (exact) mass is 339 g/mol. The van der Waals surface area contributed by atoms with Gasteiger partial charge in [0.2, 0.25) is 0 Å². The van der Waals surface area contributed by atoms with Gasteiger partial charge in [-0.15, -0.1) is 0 Å². The Morgan fingerprint density at radius 3 is 2.92 bits per heavy atom. The Balaban J connectivity index is 1.85. The quantitative estimate of drug-likeness (QED) is 0.898. The van der Waals surface area contributed by atoms with E-state index in [2.05, 4.69) is 5.32 Å². The molecule has 6 heteroatoms. The first-order valence-electron chi connectivity index (χ1n) is 8.10. The van der Waals surface area contributed by atoms with Crippen molar-refractivity contribution in [2.75, 3.05) is 18.5 Å². The standard InChI is InChI=1S/C19H18FN3O2/c20-15-6-7-17(14(11-15)12-21)22-19(25)23(9-10-24)18-8-5-13-3-1-2-4-16(13)18/h1-4,6-7,11,18,24H,5,8-10H2,(H,22,25). The molecule has 3 rings (SSSR count). The van der Waals surface area contributed by atoms with Crippen LogP contribution in [0.1, 0.15) is 29.2 Å². The maximum absolute atomic E-state index is 13.3. The van der Waals surface area contributed by atoms with Crippen LogP contribution in [0.25, 0.3) is 0 Å². The van der Waals surface area contributed by atoms with Crippen molar-refractivity contribution in [3.05, 3.63) is 65.0 Å². The van der Waals surface area contributed by atoms with Crippen molar-refractivity contribution in [1.29, 1.82) is 5.26 Å². The number of halogens is 1. The topological polar surface area (TPSA) is 76.4 Å². The fraction of sp³-hybridized carbons (Fsp3) is 0.263. The maximum atomic E-state index is 13.3. The van der Waals surface area contributed by atoms with Crippen LogP contribution in [0.4, 0.5) is 14.9 Å². The van der Waals surface area contributed by atoms with Gasteiger partial charge >= 0.3 is 6.03 Å². The second-order valence-electron chi connectivity index (χ2n) is 5.90. The van der Waals surface area contributed by atoms with Crippen LogP contribution in [0.2, 0.25) is 0 Å². The molecule has 2 aromatic carbocycles. The number of hydrogen-bond donors (Lipinski definition) is 2. The zero-order valence-corrected chi connectivity index (χ0v) is 13.6. The molecule has 128 valence electrons. The highest BCUT2D eigenvalue weighted by Gasteiger charge is 2.30. The third kappa shape index (κ3) is 3.47. The van der Waals surface area contributed by atoms with E-state index in [4.69, 9.17) is 5.26 Å². The first kappa shape index (κ1) is 16.9. The van der Waals surface area contributed by atoms with Gasteiger partial charge in [0.05, 0.1) is 23.9 Å². The van der Waals surface area contributed by atoms with Crippen LogP contribution >= 0.6 is 0 Å². The van der Waals surface area contributed by atoms with Gasteiger partial charge in [0.25, 0.3) is 0 Å². The molecule has 0 heterocycles. The minimum Gasteiger partial charge on any atom is -0.395 e. The number of nitrogens with zero attached hydrogens (tertiary/aromatic N) is 2. The highest BCUT2D eigenvalue weighted by Crippen LogP contribution is 2.35. The molecule has 0 radical (unpaired) electrons. The third-order valence-electron chi connectivity index (χ3n) is 4.42. The summed E-state index contributed by atoms with van der Waals surface area (Å²) < 4.78 is 13.3. The van der Waals surface area contributed by atoms with Gasteiger partial charge in [-0.25, -0.2) is 9.18 Å². The maximum Gasteiger partial charge on any atom is 0.322 e. The number of benzene rings is 2. The van der Waals surface area contributed by atoms with Crippen molar-refractivity contribution in [1.82, 2.24) is 4.90 Å². The summed E-state index contributed by atoms with van der Waals surface area (Å²) in [4.78, 5) is 14.3. The number of aliphatic hydroxyl groups excluding tert-OH is 1. The van der Waals surface area contributed by atoms with Gasteiger partial charge in [-0.05, 0) is 42.2 Å². The highest BCUT2D eigenvalue weighted by atomic mass is 19.1. The number of hydrogen-bond acceptors (Lipinski definition) is 3. The van der Waals surface area contributed by atoms with Crippen molar-refractivity contribution < 1.29 is 14.3 Å².